The van der Waals surface area contributed by atoms with Crippen LogP contribution in [0.5, 0.6) is 0 Å². The molecule has 2 aliphatic rings. The Hall–Kier alpha value is -0.780. The van der Waals surface area contributed by atoms with Crippen LogP contribution in [0.25, 0.3) is 0 Å². The molecule has 1 atom stereocenters. The molecule has 0 radical (unpaired) electrons. The van der Waals surface area contributed by atoms with Crippen LogP contribution in [-0.4, -0.2) is 18.0 Å². The number of fused-ring (bicyclic) bond motifs is 1. The van der Waals surface area contributed by atoms with E-state index in [1.54, 1.807) is 0 Å². The van der Waals surface area contributed by atoms with Crippen LogP contribution in [0.4, 0.5) is 0 Å². The molecule has 4 heteroatoms. The van der Waals surface area contributed by atoms with Gasteiger partial charge in [0.1, 0.15) is 12.3 Å². The molecule has 1 heterocycles. The Balaban J connectivity index is 2.43. The summed E-state index contributed by atoms with van der Waals surface area (Å²) < 4.78 is 1.06. The van der Waals surface area contributed by atoms with Gasteiger partial charge in [-0.2, -0.15) is 0 Å². The molecule has 0 saturated carbocycles. The number of nitrogens with zero attached hydrogens (tertiary/aromatic N) is 2. The van der Waals surface area contributed by atoms with Crippen molar-refractivity contribution in [2.24, 2.45) is 15.9 Å². The van der Waals surface area contributed by atoms with Crippen LogP contribution in [-0.2, 0) is 4.79 Å². The molecule has 0 saturated heterocycles. The third-order valence-corrected chi connectivity index (χ3v) is 2.43. The Kier molecular flexibility index (Phi) is 1.92. The summed E-state index contributed by atoms with van der Waals surface area (Å²) in [5, 5.41) is 0. The molecule has 3 nitrogen and oxygen atoms in total. The minimum Gasteiger partial charge on any atom is -0.271 e. The lowest BCUT2D eigenvalue weighted by atomic mass is 9.97. The lowest BCUT2D eigenvalue weighted by Crippen LogP contribution is -2.24. The van der Waals surface area contributed by atoms with Crippen molar-refractivity contribution >= 4 is 40.5 Å². The Bertz CT molecular complexity index is 352. The molecular formula is C8H5IN2O. The first kappa shape index (κ1) is 7.85. The van der Waals surface area contributed by atoms with Gasteiger partial charge in [-0.05, 0) is 34.7 Å². The molecule has 60 valence electrons. The number of allylic oxidation sites excluding steroid dienone is 3. The van der Waals surface area contributed by atoms with Gasteiger partial charge in [0.05, 0.1) is 5.71 Å². The second kappa shape index (κ2) is 2.93. The number of hydrogen-bond acceptors (Lipinski definition) is 2. The van der Waals surface area contributed by atoms with E-state index in [1.807, 2.05) is 18.2 Å². The second-order valence-corrected chi connectivity index (χ2v) is 3.74. The summed E-state index contributed by atoms with van der Waals surface area (Å²) in [6.07, 6.45) is 6.97. The van der Waals surface area contributed by atoms with E-state index in [0.29, 0.717) is 0 Å². The predicted molar refractivity (Wildman–Crippen MR) is 55.7 cm³/mol. The second-order valence-electron chi connectivity index (χ2n) is 2.50. The zero-order chi connectivity index (χ0) is 8.55. The normalized spacial score (nSPS) is 26.4. The third-order valence-electron chi connectivity index (χ3n) is 1.72. The number of halogens is 1. The standard InChI is InChI=1S/C8H5IN2O/c9-5-1-2-7-6(3-5)8(12)11-4-10-7/h1-4,6H. The summed E-state index contributed by atoms with van der Waals surface area (Å²) in [6, 6.07) is 0. The quantitative estimate of drug-likeness (QED) is 0.616. The van der Waals surface area contributed by atoms with Gasteiger partial charge in [-0.1, -0.05) is 6.08 Å². The van der Waals surface area contributed by atoms with Gasteiger partial charge in [0.15, 0.2) is 0 Å². The van der Waals surface area contributed by atoms with Crippen molar-refractivity contribution in [3.05, 3.63) is 21.8 Å². The Morgan fingerprint density at radius 2 is 2.25 bits per heavy atom. The third kappa shape index (κ3) is 1.26. The zero-order valence-electron chi connectivity index (χ0n) is 6.07. The predicted octanol–water partition coefficient (Wildman–Crippen LogP) is 1.50. The highest BCUT2D eigenvalue weighted by Gasteiger charge is 2.24. The molecule has 12 heavy (non-hydrogen) atoms. The summed E-state index contributed by atoms with van der Waals surface area (Å²) in [6.45, 7) is 0. The molecule has 0 N–H and O–H groups in total. The molecule has 0 aromatic carbocycles. The summed E-state index contributed by atoms with van der Waals surface area (Å²) in [5.41, 5.74) is 0.787. The topological polar surface area (TPSA) is 41.8 Å². The number of hydrogen-bond donors (Lipinski definition) is 0. The van der Waals surface area contributed by atoms with Gasteiger partial charge in [-0.3, -0.25) is 4.79 Å². The van der Waals surface area contributed by atoms with E-state index in [2.05, 4.69) is 32.6 Å². The van der Waals surface area contributed by atoms with Gasteiger partial charge in [0, 0.05) is 3.58 Å². The van der Waals surface area contributed by atoms with Crippen molar-refractivity contribution in [3.8, 4) is 0 Å². The molecule has 1 unspecified atom stereocenters. The molecular weight excluding hydrogens is 267 g/mol. The average molecular weight is 272 g/mol. The van der Waals surface area contributed by atoms with Gasteiger partial charge in [-0.15, -0.1) is 0 Å². The Morgan fingerprint density at radius 3 is 3.08 bits per heavy atom. The average Bonchev–Trinajstić information content (AvgIpc) is 2.07. The molecule has 0 spiro atoms. The Labute approximate surface area is 83.1 Å². The van der Waals surface area contributed by atoms with Gasteiger partial charge in [0.2, 0.25) is 0 Å². The van der Waals surface area contributed by atoms with E-state index < -0.39 is 0 Å². The van der Waals surface area contributed by atoms with Crippen molar-refractivity contribution in [1.29, 1.82) is 0 Å². The van der Waals surface area contributed by atoms with E-state index in [0.717, 1.165) is 9.29 Å². The van der Waals surface area contributed by atoms with Crippen LogP contribution in [0.1, 0.15) is 0 Å². The van der Waals surface area contributed by atoms with E-state index >= 15 is 0 Å². The number of carbonyl (C=O) groups is 1. The largest absolute Gasteiger partial charge is 0.271 e. The van der Waals surface area contributed by atoms with Crippen LogP contribution < -0.4 is 0 Å². The van der Waals surface area contributed by atoms with Crippen molar-refractivity contribution in [2.45, 2.75) is 0 Å². The lowest BCUT2D eigenvalue weighted by molar-refractivity contribution is -0.118. The fraction of sp³-hybridized carbons (Fsp3) is 0.125. The first-order chi connectivity index (χ1) is 5.77. The van der Waals surface area contributed by atoms with E-state index in [4.69, 9.17) is 0 Å². The first-order valence-corrected chi connectivity index (χ1v) is 4.55. The van der Waals surface area contributed by atoms with E-state index in [-0.39, 0.29) is 11.8 Å². The molecule has 0 aromatic rings. The monoisotopic (exact) mass is 272 g/mol. The van der Waals surface area contributed by atoms with Crippen LogP contribution in [0.3, 0.4) is 0 Å². The van der Waals surface area contributed by atoms with E-state index in [9.17, 15) is 4.79 Å². The maximum absolute atomic E-state index is 11.2. The zero-order valence-corrected chi connectivity index (χ0v) is 8.22. The van der Waals surface area contributed by atoms with Gasteiger partial charge in [-0.25, -0.2) is 9.98 Å². The highest BCUT2D eigenvalue weighted by molar-refractivity contribution is 14.1. The molecule has 0 bridgehead atoms. The highest BCUT2D eigenvalue weighted by Crippen LogP contribution is 2.21. The lowest BCUT2D eigenvalue weighted by Gasteiger charge is -2.15. The van der Waals surface area contributed by atoms with Crippen LogP contribution >= 0.6 is 22.6 Å². The summed E-state index contributed by atoms with van der Waals surface area (Å²) in [5.74, 6) is -0.370. The Morgan fingerprint density at radius 1 is 1.42 bits per heavy atom. The minimum atomic E-state index is -0.244. The van der Waals surface area contributed by atoms with Crippen molar-refractivity contribution in [1.82, 2.24) is 0 Å². The SMILES string of the molecule is O=C1N=CN=C2C=CC(I)=CC12. The molecule has 1 aliphatic heterocycles. The number of carbonyl (C=O) groups excluding carboxylic acids is 1. The van der Waals surface area contributed by atoms with Gasteiger partial charge < -0.3 is 0 Å². The first-order valence-electron chi connectivity index (χ1n) is 3.47. The van der Waals surface area contributed by atoms with Crippen LogP contribution in [0.15, 0.2) is 31.8 Å². The molecule has 0 aromatic heterocycles. The molecule has 0 fully saturated rings. The molecule has 1 amide bonds. The highest BCUT2D eigenvalue weighted by atomic mass is 127. The number of amides is 1. The molecule has 1 aliphatic carbocycles. The summed E-state index contributed by atoms with van der Waals surface area (Å²) >= 11 is 2.17. The van der Waals surface area contributed by atoms with E-state index in [1.165, 1.54) is 6.34 Å². The van der Waals surface area contributed by atoms with Crippen molar-refractivity contribution in [3.63, 3.8) is 0 Å². The van der Waals surface area contributed by atoms with Crippen LogP contribution in [0, 0.1) is 5.92 Å². The summed E-state index contributed by atoms with van der Waals surface area (Å²) in [7, 11) is 0. The van der Waals surface area contributed by atoms with Crippen molar-refractivity contribution < 1.29 is 4.79 Å². The fourth-order valence-electron chi connectivity index (χ4n) is 1.12. The number of aliphatic imine (C=N–C) groups is 2. The minimum absolute atomic E-state index is 0.126. The maximum Gasteiger partial charge on any atom is 0.260 e. The molecule has 2 rings (SSSR count). The smallest absolute Gasteiger partial charge is 0.260 e. The fourth-order valence-corrected chi connectivity index (χ4v) is 1.66. The number of rotatable bonds is 0. The van der Waals surface area contributed by atoms with Crippen LogP contribution in [0.2, 0.25) is 0 Å². The van der Waals surface area contributed by atoms with Gasteiger partial charge >= 0.3 is 0 Å². The summed E-state index contributed by atoms with van der Waals surface area (Å²) in [4.78, 5) is 18.8. The van der Waals surface area contributed by atoms with Crippen molar-refractivity contribution in [2.75, 3.05) is 0 Å². The van der Waals surface area contributed by atoms with Gasteiger partial charge in [0.25, 0.3) is 5.91 Å². The maximum atomic E-state index is 11.2.